The molecule has 1 aliphatic rings. The van der Waals surface area contributed by atoms with Gasteiger partial charge in [0.25, 0.3) is 11.5 Å². The summed E-state index contributed by atoms with van der Waals surface area (Å²) < 4.78 is 6.95. The van der Waals surface area contributed by atoms with Gasteiger partial charge in [-0.25, -0.2) is 4.98 Å². The molecular weight excluding hydrogens is 474 g/mol. The van der Waals surface area contributed by atoms with Gasteiger partial charge < -0.3 is 9.64 Å². The normalized spacial score (nSPS) is 13.6. The minimum atomic E-state index is -0.205. The summed E-state index contributed by atoms with van der Waals surface area (Å²) >= 11 is 1.23. The van der Waals surface area contributed by atoms with Gasteiger partial charge in [0.2, 0.25) is 0 Å². The van der Waals surface area contributed by atoms with Crippen LogP contribution in [-0.2, 0) is 11.3 Å². The summed E-state index contributed by atoms with van der Waals surface area (Å²) in [6.45, 7) is 2.42. The lowest BCUT2D eigenvalue weighted by Crippen LogP contribution is -2.40. The van der Waals surface area contributed by atoms with E-state index >= 15 is 0 Å². The Hall–Kier alpha value is -3.75. The van der Waals surface area contributed by atoms with Gasteiger partial charge in [-0.05, 0) is 23.8 Å². The first-order valence-corrected chi connectivity index (χ1v) is 12.8. The first-order valence-electron chi connectivity index (χ1n) is 11.8. The van der Waals surface area contributed by atoms with Crippen molar-refractivity contribution < 1.29 is 14.3 Å². The molecule has 8 heteroatoms. The molecule has 0 N–H and O–H groups in total. The molecule has 4 aromatic rings. The number of hydrogen-bond donors (Lipinski definition) is 0. The standard InChI is InChI=1S/C28H25N3O4S/c32-25(21-9-5-2-6-10-21)19-36-28-29-24-17-22(26(33)30-13-15-35-16-14-30)11-12-23(24)27(34)31(28)18-20-7-3-1-4-8-20/h1-12,17H,13-16,18-19H2. The van der Waals surface area contributed by atoms with E-state index in [4.69, 9.17) is 9.72 Å². The number of rotatable bonds is 7. The van der Waals surface area contributed by atoms with Gasteiger partial charge in [0.15, 0.2) is 10.9 Å². The molecule has 0 bridgehead atoms. The Labute approximate surface area is 212 Å². The van der Waals surface area contributed by atoms with Crippen LogP contribution in [0.3, 0.4) is 0 Å². The van der Waals surface area contributed by atoms with Crippen LogP contribution in [0.25, 0.3) is 10.9 Å². The van der Waals surface area contributed by atoms with Gasteiger partial charge in [0.1, 0.15) is 0 Å². The molecule has 3 aromatic carbocycles. The summed E-state index contributed by atoms with van der Waals surface area (Å²) in [5, 5.41) is 0.875. The van der Waals surface area contributed by atoms with Crippen LogP contribution < -0.4 is 5.56 Å². The zero-order valence-electron chi connectivity index (χ0n) is 19.6. The highest BCUT2D eigenvalue weighted by atomic mass is 32.2. The predicted octanol–water partition coefficient (Wildman–Crippen LogP) is 3.89. The lowest BCUT2D eigenvalue weighted by molar-refractivity contribution is 0.0303. The lowest BCUT2D eigenvalue weighted by atomic mass is 10.1. The fourth-order valence-electron chi connectivity index (χ4n) is 4.14. The van der Waals surface area contributed by atoms with E-state index in [-0.39, 0.29) is 23.0 Å². The topological polar surface area (TPSA) is 81.5 Å². The average molecular weight is 500 g/mol. The Bertz CT molecular complexity index is 1450. The molecule has 1 amide bonds. The summed E-state index contributed by atoms with van der Waals surface area (Å²) in [4.78, 5) is 45.8. The van der Waals surface area contributed by atoms with E-state index in [9.17, 15) is 14.4 Å². The van der Waals surface area contributed by atoms with Gasteiger partial charge in [-0.2, -0.15) is 0 Å². The van der Waals surface area contributed by atoms with E-state index in [0.717, 1.165) is 5.56 Å². The van der Waals surface area contributed by atoms with Gasteiger partial charge in [-0.3, -0.25) is 19.0 Å². The molecule has 36 heavy (non-hydrogen) atoms. The van der Waals surface area contributed by atoms with Crippen LogP contribution in [0, 0.1) is 0 Å². The highest BCUT2D eigenvalue weighted by molar-refractivity contribution is 7.99. The molecule has 182 valence electrons. The third-order valence-corrected chi connectivity index (χ3v) is 7.05. The van der Waals surface area contributed by atoms with Crippen molar-refractivity contribution in [2.24, 2.45) is 0 Å². The molecule has 5 rings (SSSR count). The highest BCUT2D eigenvalue weighted by Crippen LogP contribution is 2.22. The van der Waals surface area contributed by atoms with Crippen molar-refractivity contribution in [1.82, 2.24) is 14.5 Å². The maximum atomic E-state index is 13.6. The number of carbonyl (C=O) groups is 2. The SMILES string of the molecule is O=C(CSc1nc2cc(C(=O)N3CCOCC3)ccc2c(=O)n1Cc1ccccc1)c1ccccc1. The summed E-state index contributed by atoms with van der Waals surface area (Å²) in [5.74, 6) is -0.00949. The Kier molecular flexibility index (Phi) is 7.25. The Morgan fingerprint density at radius 2 is 1.58 bits per heavy atom. The number of carbonyl (C=O) groups excluding carboxylic acids is 2. The van der Waals surface area contributed by atoms with Crippen molar-refractivity contribution in [3.63, 3.8) is 0 Å². The molecule has 0 radical (unpaired) electrons. The van der Waals surface area contributed by atoms with E-state index in [0.29, 0.717) is 60.0 Å². The molecular formula is C28H25N3O4S. The molecule has 0 atom stereocenters. The zero-order valence-corrected chi connectivity index (χ0v) is 20.4. The monoisotopic (exact) mass is 499 g/mol. The van der Waals surface area contributed by atoms with Crippen LogP contribution in [0.2, 0.25) is 0 Å². The van der Waals surface area contributed by atoms with Crippen molar-refractivity contribution in [1.29, 1.82) is 0 Å². The van der Waals surface area contributed by atoms with Crippen molar-refractivity contribution in [2.75, 3.05) is 32.1 Å². The summed E-state index contributed by atoms with van der Waals surface area (Å²) in [6, 6.07) is 23.7. The summed E-state index contributed by atoms with van der Waals surface area (Å²) in [6.07, 6.45) is 0. The number of ether oxygens (including phenoxy) is 1. The van der Waals surface area contributed by atoms with E-state index in [1.165, 1.54) is 11.8 Å². The number of aromatic nitrogens is 2. The van der Waals surface area contributed by atoms with E-state index < -0.39 is 0 Å². The van der Waals surface area contributed by atoms with Crippen LogP contribution >= 0.6 is 11.8 Å². The van der Waals surface area contributed by atoms with Crippen molar-refractivity contribution >= 4 is 34.4 Å². The van der Waals surface area contributed by atoms with Gasteiger partial charge in [0.05, 0.1) is 36.4 Å². The first kappa shape index (κ1) is 24.0. The maximum Gasteiger partial charge on any atom is 0.262 e. The Balaban J connectivity index is 1.51. The summed E-state index contributed by atoms with van der Waals surface area (Å²) in [7, 11) is 0. The minimum absolute atomic E-state index is 0.0440. The molecule has 1 saturated heterocycles. The van der Waals surface area contributed by atoms with Gasteiger partial charge in [-0.15, -0.1) is 0 Å². The zero-order chi connectivity index (χ0) is 24.9. The number of benzene rings is 3. The number of thioether (sulfide) groups is 1. The van der Waals surface area contributed by atoms with Crippen LogP contribution in [0.15, 0.2) is 88.8 Å². The van der Waals surface area contributed by atoms with Crippen molar-refractivity contribution in [2.45, 2.75) is 11.7 Å². The first-order chi connectivity index (χ1) is 17.6. The number of morpholine rings is 1. The van der Waals surface area contributed by atoms with Gasteiger partial charge in [-0.1, -0.05) is 72.4 Å². The second kappa shape index (κ2) is 10.9. The molecule has 0 spiro atoms. The minimum Gasteiger partial charge on any atom is -0.378 e. The van der Waals surface area contributed by atoms with Crippen LogP contribution in [0.1, 0.15) is 26.3 Å². The second-order valence-electron chi connectivity index (χ2n) is 8.49. The number of ketones is 1. The predicted molar refractivity (Wildman–Crippen MR) is 140 cm³/mol. The largest absolute Gasteiger partial charge is 0.378 e. The quantitative estimate of drug-likeness (QED) is 0.218. The number of amides is 1. The molecule has 0 unspecified atom stereocenters. The van der Waals surface area contributed by atoms with E-state index in [1.807, 2.05) is 48.5 Å². The number of Topliss-reactive ketones (excluding diaryl/α,β-unsaturated/α-hetero) is 1. The number of hydrogen-bond acceptors (Lipinski definition) is 6. The lowest BCUT2D eigenvalue weighted by Gasteiger charge is -2.26. The van der Waals surface area contributed by atoms with Crippen LogP contribution in [-0.4, -0.2) is 58.2 Å². The number of nitrogens with zero attached hydrogens (tertiary/aromatic N) is 3. The Morgan fingerprint density at radius 3 is 2.31 bits per heavy atom. The molecule has 1 aromatic heterocycles. The van der Waals surface area contributed by atoms with E-state index in [1.54, 1.807) is 39.8 Å². The fourth-order valence-corrected chi connectivity index (χ4v) is 5.03. The van der Waals surface area contributed by atoms with Gasteiger partial charge >= 0.3 is 0 Å². The fraction of sp³-hybridized carbons (Fsp3) is 0.214. The smallest absolute Gasteiger partial charge is 0.262 e. The van der Waals surface area contributed by atoms with Crippen LogP contribution in [0.4, 0.5) is 0 Å². The highest BCUT2D eigenvalue weighted by Gasteiger charge is 2.20. The van der Waals surface area contributed by atoms with Crippen LogP contribution in [0.5, 0.6) is 0 Å². The maximum absolute atomic E-state index is 13.6. The third kappa shape index (κ3) is 5.24. The van der Waals surface area contributed by atoms with Gasteiger partial charge in [0, 0.05) is 24.2 Å². The third-order valence-electron chi connectivity index (χ3n) is 6.08. The molecule has 0 saturated carbocycles. The molecule has 1 fully saturated rings. The average Bonchev–Trinajstić information content (AvgIpc) is 2.94. The number of fused-ring (bicyclic) bond motifs is 1. The molecule has 2 heterocycles. The van der Waals surface area contributed by atoms with Crippen molar-refractivity contribution in [3.05, 3.63) is 106 Å². The van der Waals surface area contributed by atoms with E-state index in [2.05, 4.69) is 0 Å². The molecule has 1 aliphatic heterocycles. The molecule has 7 nitrogen and oxygen atoms in total. The second-order valence-corrected chi connectivity index (χ2v) is 9.43. The Morgan fingerprint density at radius 1 is 0.889 bits per heavy atom. The van der Waals surface area contributed by atoms with Crippen molar-refractivity contribution in [3.8, 4) is 0 Å². The summed E-state index contributed by atoms with van der Waals surface area (Å²) in [5.41, 5.74) is 2.28. The molecule has 0 aliphatic carbocycles.